The van der Waals surface area contributed by atoms with Crippen LogP contribution < -0.4 is 4.90 Å². The number of hydrogen-bond donors (Lipinski definition) is 1. The number of halogens is 2. The summed E-state index contributed by atoms with van der Waals surface area (Å²) in [6.07, 6.45) is 6.88. The molecule has 0 aliphatic carbocycles. The van der Waals surface area contributed by atoms with Crippen LogP contribution in [-0.4, -0.2) is 50.9 Å². The minimum Gasteiger partial charge on any atom is -0.381 e. The maximum Gasteiger partial charge on any atom is 0.213 e. The molecule has 0 amide bonds. The number of nitrogens with zero attached hydrogens (tertiary/aromatic N) is 5. The van der Waals surface area contributed by atoms with Crippen molar-refractivity contribution in [2.24, 2.45) is 5.41 Å². The molecule has 4 aromatic rings. The van der Waals surface area contributed by atoms with Gasteiger partial charge in [0.2, 0.25) is 5.95 Å². The van der Waals surface area contributed by atoms with Crippen molar-refractivity contribution >= 4 is 22.6 Å². The molecule has 1 N–H and O–H groups in total. The van der Waals surface area contributed by atoms with Gasteiger partial charge >= 0.3 is 0 Å². The molecule has 2 fully saturated rings. The number of aromatic amines is 1. The van der Waals surface area contributed by atoms with Gasteiger partial charge in [0.25, 0.3) is 0 Å². The molecule has 1 spiro atoms. The lowest BCUT2D eigenvalue weighted by Crippen LogP contribution is -2.41. The van der Waals surface area contributed by atoms with Crippen LogP contribution >= 0.6 is 0 Å². The lowest BCUT2D eigenvalue weighted by atomic mass is 9.78. The van der Waals surface area contributed by atoms with Crippen LogP contribution in [0.2, 0.25) is 0 Å². The van der Waals surface area contributed by atoms with Crippen LogP contribution in [0, 0.1) is 28.9 Å². The minimum absolute atomic E-state index is 0.102. The topological polar surface area (TPSA) is 71.3 Å². The fourth-order valence-electron chi connectivity index (χ4n) is 4.68. The van der Waals surface area contributed by atoms with Crippen molar-refractivity contribution in [2.45, 2.75) is 19.3 Å². The van der Waals surface area contributed by atoms with E-state index in [0.29, 0.717) is 27.8 Å². The van der Waals surface area contributed by atoms with Crippen LogP contribution in [0.15, 0.2) is 30.6 Å². The molecule has 9 heteroatoms. The van der Waals surface area contributed by atoms with Gasteiger partial charge in [0.05, 0.1) is 17.6 Å². The Morgan fingerprint density at radius 1 is 1.12 bits per heavy atom. The first kappa shape index (κ1) is 19.2. The molecular formula is C23H20F2N6O. The van der Waals surface area contributed by atoms with E-state index in [1.807, 2.05) is 10.6 Å². The van der Waals surface area contributed by atoms with E-state index in [-0.39, 0.29) is 5.56 Å². The van der Waals surface area contributed by atoms with E-state index in [1.54, 1.807) is 6.20 Å². The molecule has 0 unspecified atom stereocenters. The molecular weight excluding hydrogens is 414 g/mol. The molecule has 2 aliphatic heterocycles. The summed E-state index contributed by atoms with van der Waals surface area (Å²) in [4.78, 5) is 11.6. The summed E-state index contributed by atoms with van der Waals surface area (Å²) >= 11 is 0. The predicted octanol–water partition coefficient (Wildman–Crippen LogP) is 3.29. The van der Waals surface area contributed by atoms with Gasteiger partial charge in [-0.15, -0.1) is 0 Å². The van der Waals surface area contributed by atoms with Crippen molar-refractivity contribution in [3.63, 3.8) is 0 Å². The summed E-state index contributed by atoms with van der Waals surface area (Å²) in [7, 11) is 0. The highest BCUT2D eigenvalue weighted by molar-refractivity contribution is 5.94. The number of ether oxygens (including phenoxy) is 1. The van der Waals surface area contributed by atoms with Gasteiger partial charge in [-0.3, -0.25) is 9.50 Å². The molecule has 2 aliphatic rings. The molecule has 32 heavy (non-hydrogen) atoms. The second-order valence-corrected chi connectivity index (χ2v) is 8.49. The van der Waals surface area contributed by atoms with Gasteiger partial charge in [0.15, 0.2) is 11.3 Å². The summed E-state index contributed by atoms with van der Waals surface area (Å²) in [6, 6.07) is 3.30. The Balaban J connectivity index is 1.37. The van der Waals surface area contributed by atoms with Crippen LogP contribution in [0.3, 0.4) is 0 Å². The van der Waals surface area contributed by atoms with Gasteiger partial charge in [0, 0.05) is 38.2 Å². The van der Waals surface area contributed by atoms with Crippen LogP contribution in [-0.2, 0) is 4.74 Å². The van der Waals surface area contributed by atoms with Gasteiger partial charge in [-0.05, 0) is 42.7 Å². The Kier molecular flexibility index (Phi) is 4.36. The van der Waals surface area contributed by atoms with Crippen molar-refractivity contribution in [2.75, 3.05) is 31.2 Å². The predicted molar refractivity (Wildman–Crippen MR) is 114 cm³/mol. The molecule has 0 atom stereocenters. The summed E-state index contributed by atoms with van der Waals surface area (Å²) in [5.41, 5.74) is 2.09. The highest BCUT2D eigenvalue weighted by atomic mass is 19.1. The minimum atomic E-state index is -0.709. The number of fused-ring (bicyclic) bond motifs is 3. The first-order valence-corrected chi connectivity index (χ1v) is 10.6. The number of imidazole rings is 1. The molecule has 0 bridgehead atoms. The first-order valence-electron chi connectivity index (χ1n) is 10.6. The maximum absolute atomic E-state index is 14.0. The fourth-order valence-corrected chi connectivity index (χ4v) is 4.68. The second-order valence-electron chi connectivity index (χ2n) is 8.49. The van der Waals surface area contributed by atoms with Crippen molar-refractivity contribution in [3.8, 4) is 11.8 Å². The van der Waals surface area contributed by atoms with E-state index >= 15 is 0 Å². The van der Waals surface area contributed by atoms with Gasteiger partial charge in [-0.1, -0.05) is 5.92 Å². The summed E-state index contributed by atoms with van der Waals surface area (Å²) in [5.74, 6) is 5.08. The lowest BCUT2D eigenvalue weighted by molar-refractivity contribution is 0.133. The summed E-state index contributed by atoms with van der Waals surface area (Å²) in [5, 5.41) is 7.90. The van der Waals surface area contributed by atoms with Crippen molar-refractivity contribution in [1.82, 2.24) is 24.6 Å². The van der Waals surface area contributed by atoms with Gasteiger partial charge < -0.3 is 9.64 Å². The van der Waals surface area contributed by atoms with Crippen molar-refractivity contribution < 1.29 is 13.5 Å². The molecule has 5 heterocycles. The van der Waals surface area contributed by atoms with Crippen LogP contribution in [0.5, 0.6) is 0 Å². The van der Waals surface area contributed by atoms with Gasteiger partial charge in [-0.2, -0.15) is 10.1 Å². The third-order valence-electron chi connectivity index (χ3n) is 6.58. The number of rotatable bonds is 1. The average Bonchev–Trinajstić information content (AvgIpc) is 3.53. The van der Waals surface area contributed by atoms with Crippen molar-refractivity contribution in [1.29, 1.82) is 0 Å². The first-order chi connectivity index (χ1) is 15.6. The van der Waals surface area contributed by atoms with Crippen molar-refractivity contribution in [3.05, 3.63) is 53.5 Å². The Hall–Kier alpha value is -3.51. The number of aromatic nitrogens is 5. The highest BCUT2D eigenvalue weighted by Gasteiger charge is 2.38. The molecule has 3 aromatic heterocycles. The fraction of sp³-hybridized carbons (Fsp3) is 0.348. The third kappa shape index (κ3) is 3.10. The third-order valence-corrected chi connectivity index (χ3v) is 6.58. The van der Waals surface area contributed by atoms with Gasteiger partial charge in [0.1, 0.15) is 17.3 Å². The summed E-state index contributed by atoms with van der Waals surface area (Å²) in [6.45, 7) is 3.51. The molecule has 2 saturated heterocycles. The zero-order chi connectivity index (χ0) is 21.7. The quantitative estimate of drug-likeness (QED) is 0.466. The maximum atomic E-state index is 14.0. The average molecular weight is 434 g/mol. The SMILES string of the molecule is Fc1ccc(C#Cc2n[nH]c3nc(N4CCC5(CCOC5)CC4)n4ccnc4c23)c(F)c1. The largest absolute Gasteiger partial charge is 0.381 e. The Morgan fingerprint density at radius 2 is 2.00 bits per heavy atom. The number of hydrogen-bond acceptors (Lipinski definition) is 5. The normalized spacial score (nSPS) is 17.9. The van der Waals surface area contributed by atoms with Crippen LogP contribution in [0.25, 0.3) is 16.7 Å². The molecule has 162 valence electrons. The zero-order valence-electron chi connectivity index (χ0n) is 17.2. The lowest BCUT2D eigenvalue weighted by Gasteiger charge is -2.38. The second kappa shape index (κ2) is 7.28. The zero-order valence-corrected chi connectivity index (χ0v) is 17.2. The number of piperidine rings is 1. The molecule has 0 radical (unpaired) electrons. The molecule has 6 rings (SSSR count). The standard InChI is InChI=1S/C23H20F2N6O/c24-16-3-1-15(17(25)13-16)2-4-18-19-20(29-28-18)27-22(31-11-8-26-21(19)31)30-9-5-23(6-10-30)7-12-32-14-23/h1,3,8,11,13H,5-7,9-10,12,14H2,(H,28,29). The highest BCUT2D eigenvalue weighted by Crippen LogP contribution is 2.40. The number of anilines is 1. The number of benzene rings is 1. The Bertz CT molecular complexity index is 1380. The monoisotopic (exact) mass is 434 g/mol. The van der Waals surface area contributed by atoms with E-state index in [2.05, 4.69) is 31.9 Å². The Morgan fingerprint density at radius 3 is 2.78 bits per heavy atom. The molecule has 0 saturated carbocycles. The van der Waals surface area contributed by atoms with E-state index in [9.17, 15) is 8.78 Å². The summed E-state index contributed by atoms with van der Waals surface area (Å²) < 4.78 is 34.7. The smallest absolute Gasteiger partial charge is 0.213 e. The molecule has 1 aromatic carbocycles. The van der Waals surface area contributed by atoms with E-state index in [4.69, 9.17) is 9.72 Å². The van der Waals surface area contributed by atoms with Gasteiger partial charge in [-0.25, -0.2) is 13.8 Å². The number of nitrogens with one attached hydrogen (secondary N) is 1. The van der Waals surface area contributed by atoms with E-state index in [1.165, 1.54) is 12.1 Å². The number of H-pyrrole nitrogens is 1. The Labute approximate surface area is 182 Å². The van der Waals surface area contributed by atoms with Crippen LogP contribution in [0.4, 0.5) is 14.7 Å². The van der Waals surface area contributed by atoms with Crippen LogP contribution in [0.1, 0.15) is 30.5 Å². The van der Waals surface area contributed by atoms with E-state index < -0.39 is 11.6 Å². The molecule has 7 nitrogen and oxygen atoms in total. The van der Waals surface area contributed by atoms with E-state index in [0.717, 1.165) is 57.6 Å².